The Bertz CT molecular complexity index is 1340. The number of hydrogen-bond acceptors (Lipinski definition) is 16. The summed E-state index contributed by atoms with van der Waals surface area (Å²) in [4.78, 5) is 49.8. The lowest BCUT2D eigenvalue weighted by Crippen LogP contribution is -2.73. The molecule has 2 aromatic heterocycles. The van der Waals surface area contributed by atoms with Gasteiger partial charge >= 0.3 is 5.97 Å². The van der Waals surface area contributed by atoms with Gasteiger partial charge in [-0.3, -0.25) is 14.5 Å². The first-order chi connectivity index (χ1) is 19.2. The SMILES string of the molecule is C=CCOC(=O)C1=C(CSc2nnnn2CCO)OC[C@@H]2[C@H](NC(=O)/C(=N\OC(C)C)c3nsc(N)n3)C(=O)N12. The number of aromatic nitrogens is 6. The molecule has 2 aliphatic rings. The molecule has 4 rings (SSSR count). The fraction of sp³-hybridized carbons (Fsp3) is 0.476. The molecule has 19 heteroatoms. The molecule has 2 amide bonds. The number of β-lactam (4-membered cyclic amide) rings is 1. The highest BCUT2D eigenvalue weighted by molar-refractivity contribution is 7.99. The topological polar surface area (TPSA) is 222 Å². The molecule has 0 radical (unpaired) electrons. The number of aliphatic hydroxyl groups is 1. The highest BCUT2D eigenvalue weighted by Gasteiger charge is 2.55. The maximum absolute atomic E-state index is 13.3. The summed E-state index contributed by atoms with van der Waals surface area (Å²) in [5.74, 6) is -1.94. The average Bonchev–Trinajstić information content (AvgIpc) is 3.57. The van der Waals surface area contributed by atoms with Crippen molar-refractivity contribution in [1.29, 1.82) is 0 Å². The summed E-state index contributed by atoms with van der Waals surface area (Å²) in [6, 6.07) is -1.75. The molecule has 17 nitrogen and oxygen atoms in total. The second kappa shape index (κ2) is 12.8. The zero-order valence-corrected chi connectivity index (χ0v) is 23.1. The van der Waals surface area contributed by atoms with Gasteiger partial charge in [-0.05, 0) is 24.3 Å². The van der Waals surface area contributed by atoms with Crippen molar-refractivity contribution in [2.45, 2.75) is 43.7 Å². The van der Waals surface area contributed by atoms with Crippen LogP contribution in [0.3, 0.4) is 0 Å². The monoisotopic (exact) mass is 594 g/mol. The Morgan fingerprint density at radius 3 is 2.92 bits per heavy atom. The van der Waals surface area contributed by atoms with E-state index >= 15 is 0 Å². The quantitative estimate of drug-likeness (QED) is 0.0612. The smallest absolute Gasteiger partial charge is 0.358 e. The van der Waals surface area contributed by atoms with Crippen LogP contribution in [-0.2, 0) is 35.2 Å². The van der Waals surface area contributed by atoms with Crippen molar-refractivity contribution >= 4 is 51.9 Å². The Kier molecular flexibility index (Phi) is 9.27. The van der Waals surface area contributed by atoms with Crippen LogP contribution >= 0.6 is 23.3 Å². The largest absolute Gasteiger partial charge is 0.492 e. The average molecular weight is 595 g/mol. The zero-order chi connectivity index (χ0) is 28.8. The van der Waals surface area contributed by atoms with Crippen LogP contribution in [0.4, 0.5) is 5.13 Å². The lowest BCUT2D eigenvalue weighted by atomic mass is 9.92. The van der Waals surface area contributed by atoms with E-state index in [1.165, 1.54) is 15.7 Å². The van der Waals surface area contributed by atoms with Crippen LogP contribution in [0.5, 0.6) is 0 Å². The molecule has 0 bridgehead atoms. The molecule has 0 saturated carbocycles. The summed E-state index contributed by atoms with van der Waals surface area (Å²) in [7, 11) is 0. The number of oxime groups is 1. The molecule has 4 N–H and O–H groups in total. The number of nitrogens with one attached hydrogen (secondary N) is 1. The van der Waals surface area contributed by atoms with Gasteiger partial charge in [-0.2, -0.15) is 9.36 Å². The number of nitrogen functional groups attached to an aromatic ring is 1. The van der Waals surface area contributed by atoms with Gasteiger partial charge in [0.2, 0.25) is 16.7 Å². The normalized spacial score (nSPS) is 18.6. The molecule has 0 aliphatic carbocycles. The number of rotatable bonds is 13. The van der Waals surface area contributed by atoms with Gasteiger partial charge in [0, 0.05) is 11.5 Å². The van der Waals surface area contributed by atoms with Gasteiger partial charge in [0.25, 0.3) is 11.8 Å². The van der Waals surface area contributed by atoms with E-state index in [9.17, 15) is 19.5 Å². The van der Waals surface area contributed by atoms with Crippen molar-refractivity contribution in [3.05, 3.63) is 29.9 Å². The molecule has 0 spiro atoms. The van der Waals surface area contributed by atoms with Crippen molar-refractivity contribution in [3.63, 3.8) is 0 Å². The minimum atomic E-state index is -1.04. The van der Waals surface area contributed by atoms with E-state index in [0.717, 1.165) is 23.3 Å². The standard InChI is InChI=1S/C21H26N10O7S2/c1-4-7-36-19(35)15-12(9-39-21-25-28-29-30(21)5-6-32)37-8-11-13(18(34)31(11)15)23-17(33)14(26-38-10(2)3)16-24-20(22)40-27-16/h4,10-11,13,32H,1,5-9H2,2-3H3,(H,23,33)(H2,22,24,27)/b26-14-/t11-,13+/m1/s1. The lowest BCUT2D eigenvalue weighted by molar-refractivity contribution is -0.161. The molecule has 1 fully saturated rings. The first kappa shape index (κ1) is 28.9. The Morgan fingerprint density at radius 2 is 2.25 bits per heavy atom. The summed E-state index contributed by atoms with van der Waals surface area (Å²) in [6.07, 6.45) is 1.04. The van der Waals surface area contributed by atoms with Gasteiger partial charge in [0.1, 0.15) is 37.2 Å². The molecule has 2 atom stereocenters. The van der Waals surface area contributed by atoms with Crippen molar-refractivity contribution in [2.75, 3.05) is 31.3 Å². The fourth-order valence-electron chi connectivity index (χ4n) is 3.61. The van der Waals surface area contributed by atoms with E-state index in [4.69, 9.17) is 20.0 Å². The van der Waals surface area contributed by atoms with Crippen molar-refractivity contribution < 1.29 is 33.8 Å². The fourth-order valence-corrected chi connectivity index (χ4v) is 4.90. The molecule has 4 heterocycles. The Hall–Kier alpha value is -4.10. The third kappa shape index (κ3) is 6.20. The molecule has 2 aromatic rings. The Morgan fingerprint density at radius 1 is 1.45 bits per heavy atom. The minimum absolute atomic E-state index is 0.0245. The predicted octanol–water partition coefficient (Wildman–Crippen LogP) is -1.31. The Balaban J connectivity index is 1.53. The van der Waals surface area contributed by atoms with Gasteiger partial charge < -0.3 is 30.5 Å². The van der Waals surface area contributed by atoms with Crippen LogP contribution in [0.2, 0.25) is 0 Å². The molecule has 1 saturated heterocycles. The molecular formula is C21H26N10O7S2. The van der Waals surface area contributed by atoms with Gasteiger partial charge in [-0.1, -0.05) is 29.6 Å². The lowest BCUT2D eigenvalue weighted by Gasteiger charge is -2.49. The van der Waals surface area contributed by atoms with E-state index in [1.807, 2.05) is 0 Å². The number of carbonyl (C=O) groups is 3. The highest BCUT2D eigenvalue weighted by atomic mass is 32.2. The molecule has 2 aliphatic heterocycles. The van der Waals surface area contributed by atoms with Gasteiger partial charge in [0.05, 0.1) is 18.9 Å². The number of esters is 1. The summed E-state index contributed by atoms with van der Waals surface area (Å²) < 4.78 is 16.5. The van der Waals surface area contributed by atoms with Crippen molar-refractivity contribution in [3.8, 4) is 0 Å². The van der Waals surface area contributed by atoms with Crippen LogP contribution in [0.15, 0.2) is 34.4 Å². The number of hydrogen-bond donors (Lipinski definition) is 3. The zero-order valence-electron chi connectivity index (χ0n) is 21.4. The third-order valence-electron chi connectivity index (χ3n) is 5.33. The number of carbonyl (C=O) groups excluding carboxylic acids is 3. The number of nitrogens with two attached hydrogens (primary N) is 1. The number of amides is 2. The first-order valence-electron chi connectivity index (χ1n) is 11.9. The summed E-state index contributed by atoms with van der Waals surface area (Å²) in [5.41, 5.74) is 5.29. The van der Waals surface area contributed by atoms with E-state index in [0.29, 0.717) is 5.16 Å². The van der Waals surface area contributed by atoms with Gasteiger partial charge in [0.15, 0.2) is 10.8 Å². The maximum Gasteiger partial charge on any atom is 0.358 e. The van der Waals surface area contributed by atoms with Crippen molar-refractivity contribution in [1.82, 2.24) is 39.8 Å². The number of thioether (sulfide) groups is 1. The third-order valence-corrected chi connectivity index (χ3v) is 6.83. The minimum Gasteiger partial charge on any atom is -0.492 e. The van der Waals surface area contributed by atoms with Crippen LogP contribution in [-0.4, -0.2) is 107 Å². The number of aliphatic hydroxyl groups excluding tert-OH is 1. The second-order valence-corrected chi connectivity index (χ2v) is 10.2. The van der Waals surface area contributed by atoms with Crippen molar-refractivity contribution in [2.24, 2.45) is 5.16 Å². The Labute approximate surface area is 235 Å². The van der Waals surface area contributed by atoms with Crippen LogP contribution in [0, 0.1) is 0 Å². The molecule has 40 heavy (non-hydrogen) atoms. The van der Waals surface area contributed by atoms with Gasteiger partial charge in [-0.25, -0.2) is 9.48 Å². The van der Waals surface area contributed by atoms with Crippen LogP contribution in [0.1, 0.15) is 19.7 Å². The summed E-state index contributed by atoms with van der Waals surface area (Å²) in [5, 5.41) is 27.4. The van der Waals surface area contributed by atoms with E-state index < -0.39 is 29.9 Å². The number of tetrazole rings is 1. The molecule has 0 aromatic carbocycles. The number of nitrogens with zero attached hydrogens (tertiary/aromatic N) is 8. The number of anilines is 1. The van der Waals surface area contributed by atoms with Gasteiger partial charge in [-0.15, -0.1) is 5.10 Å². The first-order valence-corrected chi connectivity index (χ1v) is 13.6. The summed E-state index contributed by atoms with van der Waals surface area (Å²) in [6.45, 7) is 6.85. The molecular weight excluding hydrogens is 568 g/mol. The van der Waals surface area contributed by atoms with E-state index in [-0.39, 0.29) is 66.3 Å². The second-order valence-electron chi connectivity index (χ2n) is 8.44. The van der Waals surface area contributed by atoms with Crippen LogP contribution in [0.25, 0.3) is 0 Å². The maximum atomic E-state index is 13.3. The molecule has 0 unspecified atom stereocenters. The summed E-state index contributed by atoms with van der Waals surface area (Å²) >= 11 is 2.01. The highest BCUT2D eigenvalue weighted by Crippen LogP contribution is 2.35. The van der Waals surface area contributed by atoms with Crippen LogP contribution < -0.4 is 11.1 Å². The van der Waals surface area contributed by atoms with E-state index in [1.54, 1.807) is 13.8 Å². The predicted molar refractivity (Wildman–Crippen MR) is 139 cm³/mol. The molecule has 214 valence electrons. The van der Waals surface area contributed by atoms with E-state index in [2.05, 4.69) is 41.9 Å². The number of fused-ring (bicyclic) bond motifs is 1. The number of ether oxygens (including phenoxy) is 2.